The number of hydrogen-bond donors (Lipinski definition) is 2. The number of anilines is 2. The third kappa shape index (κ3) is 4.10. The number of carbonyl (C=O) groups excluding carboxylic acids is 1. The Hall–Kier alpha value is -1.81. The van der Waals surface area contributed by atoms with Gasteiger partial charge in [-0.25, -0.2) is 0 Å². The van der Waals surface area contributed by atoms with Crippen molar-refractivity contribution in [2.45, 2.75) is 20.4 Å². The van der Waals surface area contributed by atoms with E-state index in [1.165, 1.54) is 18.1 Å². The molecule has 0 bridgehead atoms. The highest BCUT2D eigenvalue weighted by Gasteiger charge is 2.01. The molecule has 0 unspecified atom stereocenters. The lowest BCUT2D eigenvalue weighted by Gasteiger charge is -2.10. The Morgan fingerprint density at radius 2 is 1.75 bits per heavy atom. The van der Waals surface area contributed by atoms with Crippen LogP contribution in [-0.4, -0.2) is 5.91 Å². The van der Waals surface area contributed by atoms with Crippen LogP contribution in [0.4, 0.5) is 11.4 Å². The second kappa shape index (κ2) is 6.57. The summed E-state index contributed by atoms with van der Waals surface area (Å²) in [6.45, 7) is 4.32. The minimum absolute atomic E-state index is 0.0608. The van der Waals surface area contributed by atoms with Crippen LogP contribution < -0.4 is 10.6 Å². The smallest absolute Gasteiger partial charge is 0.221 e. The molecule has 0 atom stereocenters. The zero-order valence-corrected chi connectivity index (χ0v) is 13.1. The third-order valence-corrected chi connectivity index (χ3v) is 3.64. The number of carbonyl (C=O) groups is 1. The van der Waals surface area contributed by atoms with Crippen LogP contribution >= 0.6 is 15.9 Å². The topological polar surface area (TPSA) is 41.1 Å². The first-order chi connectivity index (χ1) is 9.54. The number of halogens is 1. The van der Waals surface area contributed by atoms with Crippen LogP contribution in [0.3, 0.4) is 0 Å². The predicted octanol–water partition coefficient (Wildman–Crippen LogP) is 4.33. The van der Waals surface area contributed by atoms with Crippen LogP contribution in [0.1, 0.15) is 18.1 Å². The fourth-order valence-corrected chi connectivity index (χ4v) is 2.50. The highest BCUT2D eigenvalue weighted by atomic mass is 79.9. The minimum Gasteiger partial charge on any atom is -0.381 e. The second-order valence-corrected chi connectivity index (χ2v) is 5.56. The van der Waals surface area contributed by atoms with Gasteiger partial charge < -0.3 is 10.6 Å². The van der Waals surface area contributed by atoms with Crippen molar-refractivity contribution in [2.24, 2.45) is 0 Å². The second-order valence-electron chi connectivity index (χ2n) is 4.71. The summed E-state index contributed by atoms with van der Waals surface area (Å²) in [7, 11) is 0. The van der Waals surface area contributed by atoms with Crippen molar-refractivity contribution in [1.82, 2.24) is 0 Å². The van der Waals surface area contributed by atoms with E-state index in [9.17, 15) is 4.79 Å². The maximum Gasteiger partial charge on any atom is 0.221 e. The number of benzene rings is 2. The molecule has 0 aliphatic heterocycles. The van der Waals surface area contributed by atoms with Crippen LogP contribution in [0.25, 0.3) is 0 Å². The van der Waals surface area contributed by atoms with Gasteiger partial charge >= 0.3 is 0 Å². The number of rotatable bonds is 4. The Bertz CT molecular complexity index is 608. The van der Waals surface area contributed by atoms with Crippen molar-refractivity contribution >= 4 is 33.2 Å². The fourth-order valence-electron chi connectivity index (χ4n) is 1.87. The van der Waals surface area contributed by atoms with Crippen LogP contribution in [0.15, 0.2) is 46.9 Å². The maximum absolute atomic E-state index is 10.9. The molecule has 104 valence electrons. The SMILES string of the molecule is CC(=O)Nc1ccc(NCc2ccc(C)cc2Br)cc1. The summed E-state index contributed by atoms with van der Waals surface area (Å²) < 4.78 is 1.11. The molecule has 1 amide bonds. The molecule has 4 heteroatoms. The molecule has 2 rings (SSSR count). The lowest BCUT2D eigenvalue weighted by molar-refractivity contribution is -0.114. The summed E-state index contributed by atoms with van der Waals surface area (Å²) in [5.74, 6) is -0.0608. The number of hydrogen-bond acceptors (Lipinski definition) is 2. The van der Waals surface area contributed by atoms with Gasteiger partial charge in [-0.15, -0.1) is 0 Å². The average Bonchev–Trinajstić information content (AvgIpc) is 2.39. The molecule has 0 aromatic heterocycles. The molecular formula is C16H17BrN2O. The third-order valence-electron chi connectivity index (χ3n) is 2.90. The van der Waals surface area contributed by atoms with Gasteiger partial charge in [0.2, 0.25) is 5.91 Å². The molecule has 20 heavy (non-hydrogen) atoms. The molecule has 2 aromatic carbocycles. The Morgan fingerprint density at radius 1 is 1.10 bits per heavy atom. The molecular weight excluding hydrogens is 316 g/mol. The van der Waals surface area contributed by atoms with E-state index in [4.69, 9.17) is 0 Å². The van der Waals surface area contributed by atoms with Gasteiger partial charge in [-0.3, -0.25) is 4.79 Å². The predicted molar refractivity (Wildman–Crippen MR) is 87.0 cm³/mol. The summed E-state index contributed by atoms with van der Waals surface area (Å²) in [6, 6.07) is 14.0. The number of aryl methyl sites for hydroxylation is 1. The van der Waals surface area contributed by atoms with E-state index in [2.05, 4.69) is 51.7 Å². The first-order valence-electron chi connectivity index (χ1n) is 6.41. The van der Waals surface area contributed by atoms with Gasteiger partial charge in [-0.2, -0.15) is 0 Å². The molecule has 0 aliphatic rings. The van der Waals surface area contributed by atoms with Crippen LogP contribution in [-0.2, 0) is 11.3 Å². The lowest BCUT2D eigenvalue weighted by atomic mass is 10.1. The molecule has 2 N–H and O–H groups in total. The first kappa shape index (κ1) is 14.6. The van der Waals surface area contributed by atoms with E-state index in [-0.39, 0.29) is 5.91 Å². The van der Waals surface area contributed by atoms with Crippen LogP contribution in [0, 0.1) is 6.92 Å². The van der Waals surface area contributed by atoms with Crippen molar-refractivity contribution in [3.05, 3.63) is 58.1 Å². The van der Waals surface area contributed by atoms with Crippen molar-refractivity contribution in [3.8, 4) is 0 Å². The Labute approximate surface area is 127 Å². The van der Waals surface area contributed by atoms with E-state index in [0.717, 1.165) is 22.4 Å². The molecule has 0 saturated heterocycles. The minimum atomic E-state index is -0.0608. The van der Waals surface area contributed by atoms with Gasteiger partial charge in [-0.1, -0.05) is 28.1 Å². The molecule has 3 nitrogen and oxygen atoms in total. The summed E-state index contributed by atoms with van der Waals surface area (Å²) >= 11 is 3.57. The maximum atomic E-state index is 10.9. The van der Waals surface area contributed by atoms with E-state index in [1.54, 1.807) is 0 Å². The average molecular weight is 333 g/mol. The van der Waals surface area contributed by atoms with Crippen molar-refractivity contribution in [1.29, 1.82) is 0 Å². The highest BCUT2D eigenvalue weighted by Crippen LogP contribution is 2.20. The van der Waals surface area contributed by atoms with Crippen molar-refractivity contribution in [2.75, 3.05) is 10.6 Å². The van der Waals surface area contributed by atoms with E-state index >= 15 is 0 Å². The van der Waals surface area contributed by atoms with E-state index in [1.807, 2.05) is 24.3 Å². The van der Waals surface area contributed by atoms with E-state index in [0.29, 0.717) is 0 Å². The molecule has 0 fully saturated rings. The fraction of sp³-hybridized carbons (Fsp3) is 0.188. The van der Waals surface area contributed by atoms with Crippen molar-refractivity contribution < 1.29 is 4.79 Å². The molecule has 2 aromatic rings. The summed E-state index contributed by atoms with van der Waals surface area (Å²) in [4.78, 5) is 10.9. The highest BCUT2D eigenvalue weighted by molar-refractivity contribution is 9.10. The van der Waals surface area contributed by atoms with E-state index < -0.39 is 0 Å². The molecule has 0 saturated carbocycles. The van der Waals surface area contributed by atoms with Crippen LogP contribution in [0.2, 0.25) is 0 Å². The van der Waals surface area contributed by atoms with Gasteiger partial charge in [0, 0.05) is 29.3 Å². The normalized spacial score (nSPS) is 10.2. The summed E-state index contributed by atoms with van der Waals surface area (Å²) in [5.41, 5.74) is 4.27. The van der Waals surface area contributed by atoms with Gasteiger partial charge in [0.15, 0.2) is 0 Å². The molecule has 0 radical (unpaired) electrons. The molecule has 0 aliphatic carbocycles. The van der Waals surface area contributed by atoms with Crippen molar-refractivity contribution in [3.63, 3.8) is 0 Å². The monoisotopic (exact) mass is 332 g/mol. The number of nitrogens with one attached hydrogen (secondary N) is 2. The van der Waals surface area contributed by atoms with Gasteiger partial charge in [-0.05, 0) is 48.4 Å². The standard InChI is InChI=1S/C16H17BrN2O/c1-11-3-4-13(16(17)9-11)10-18-14-5-7-15(8-6-14)19-12(2)20/h3-9,18H,10H2,1-2H3,(H,19,20). The number of amides is 1. The Morgan fingerprint density at radius 3 is 2.35 bits per heavy atom. The van der Waals surface area contributed by atoms with Gasteiger partial charge in [0.05, 0.1) is 0 Å². The first-order valence-corrected chi connectivity index (χ1v) is 7.20. The quantitative estimate of drug-likeness (QED) is 0.874. The lowest BCUT2D eigenvalue weighted by Crippen LogP contribution is -2.05. The largest absolute Gasteiger partial charge is 0.381 e. The van der Waals surface area contributed by atoms with Crippen LogP contribution in [0.5, 0.6) is 0 Å². The Kier molecular flexibility index (Phi) is 4.79. The zero-order valence-electron chi connectivity index (χ0n) is 11.5. The summed E-state index contributed by atoms with van der Waals surface area (Å²) in [6.07, 6.45) is 0. The zero-order chi connectivity index (χ0) is 14.5. The molecule has 0 spiro atoms. The summed E-state index contributed by atoms with van der Waals surface area (Å²) in [5, 5.41) is 6.11. The van der Waals surface area contributed by atoms with Gasteiger partial charge in [0.25, 0.3) is 0 Å². The molecule has 0 heterocycles. The Balaban J connectivity index is 1.98. The van der Waals surface area contributed by atoms with Gasteiger partial charge in [0.1, 0.15) is 0 Å².